The van der Waals surface area contributed by atoms with Gasteiger partial charge in [-0.05, 0) is 41.3 Å². The van der Waals surface area contributed by atoms with Gasteiger partial charge in [-0.15, -0.1) is 5.10 Å². The van der Waals surface area contributed by atoms with Crippen LogP contribution < -0.4 is 10.6 Å². The molecule has 0 radical (unpaired) electrons. The summed E-state index contributed by atoms with van der Waals surface area (Å²) in [5.74, 6) is 0.903. The third-order valence-electron chi connectivity index (χ3n) is 4.69. The van der Waals surface area contributed by atoms with Gasteiger partial charge in [0.15, 0.2) is 0 Å². The molecule has 1 aliphatic rings. The molecular formula is C22H21Cl2N5O. The molecule has 0 spiro atoms. The largest absolute Gasteiger partial charge is 0.324 e. The summed E-state index contributed by atoms with van der Waals surface area (Å²) in [5.41, 5.74) is 2.70. The summed E-state index contributed by atoms with van der Waals surface area (Å²) in [7, 11) is 0. The highest BCUT2D eigenvalue weighted by atomic mass is 35.5. The highest BCUT2D eigenvalue weighted by Crippen LogP contribution is 2.36. The maximum atomic E-state index is 12.2. The molecule has 3 aromatic rings. The third kappa shape index (κ3) is 4.35. The minimum absolute atomic E-state index is 0.117. The first-order valence-corrected chi connectivity index (χ1v) is 10.4. The number of anilines is 2. The van der Waals surface area contributed by atoms with E-state index in [1.807, 2.05) is 68.5 Å². The molecule has 0 bridgehead atoms. The van der Waals surface area contributed by atoms with Crippen LogP contribution in [0.25, 0.3) is 5.70 Å². The number of hydrogen-bond donors (Lipinski definition) is 2. The molecule has 0 saturated carbocycles. The topological polar surface area (TPSA) is 71.8 Å². The predicted octanol–water partition coefficient (Wildman–Crippen LogP) is 5.63. The van der Waals surface area contributed by atoms with E-state index in [0.717, 1.165) is 16.8 Å². The van der Waals surface area contributed by atoms with Crippen LogP contribution in [0, 0.1) is 5.92 Å². The molecule has 4 rings (SSSR count). The van der Waals surface area contributed by atoms with Crippen LogP contribution in [0.15, 0.2) is 54.6 Å². The summed E-state index contributed by atoms with van der Waals surface area (Å²) in [6, 6.07) is 14.9. The molecule has 2 N–H and O–H groups in total. The SMILES string of the molecule is CC(C)CC(=O)Nc1nc2n(n1)C(c1ccccc1Cl)C=C(c1ccc(Cl)cc1)N2. The van der Waals surface area contributed by atoms with Crippen molar-refractivity contribution in [2.75, 3.05) is 10.6 Å². The second-order valence-electron chi connectivity index (χ2n) is 7.53. The standard InChI is InChI=1S/C22H21Cl2N5O/c1-13(2)11-20(30)26-21-27-22-25-18(14-7-9-15(23)10-8-14)12-19(29(22)28-21)16-5-3-4-6-17(16)24/h3-10,12-13,19H,11H2,1-2H3,(H2,25,26,27,28,30). The molecule has 154 valence electrons. The zero-order chi connectivity index (χ0) is 21.3. The quantitative estimate of drug-likeness (QED) is 0.538. The van der Waals surface area contributed by atoms with E-state index in [-0.39, 0.29) is 23.8 Å². The van der Waals surface area contributed by atoms with Gasteiger partial charge in [0, 0.05) is 22.2 Å². The lowest BCUT2D eigenvalue weighted by Crippen LogP contribution is -2.20. The zero-order valence-corrected chi connectivity index (χ0v) is 18.1. The van der Waals surface area contributed by atoms with Crippen molar-refractivity contribution < 1.29 is 4.79 Å². The maximum absolute atomic E-state index is 12.2. The molecule has 0 fully saturated rings. The van der Waals surface area contributed by atoms with Gasteiger partial charge in [-0.25, -0.2) is 4.68 Å². The first kappa shape index (κ1) is 20.4. The number of allylic oxidation sites excluding steroid dienone is 1. The number of fused-ring (bicyclic) bond motifs is 1. The zero-order valence-electron chi connectivity index (χ0n) is 16.6. The van der Waals surface area contributed by atoms with Crippen molar-refractivity contribution in [1.29, 1.82) is 0 Å². The van der Waals surface area contributed by atoms with Crippen molar-refractivity contribution in [2.45, 2.75) is 26.3 Å². The van der Waals surface area contributed by atoms with E-state index in [1.165, 1.54) is 0 Å². The highest BCUT2D eigenvalue weighted by molar-refractivity contribution is 6.31. The van der Waals surface area contributed by atoms with E-state index in [0.29, 0.717) is 22.4 Å². The summed E-state index contributed by atoms with van der Waals surface area (Å²) >= 11 is 12.5. The molecule has 0 aliphatic carbocycles. The first-order chi connectivity index (χ1) is 14.4. The van der Waals surface area contributed by atoms with Crippen molar-refractivity contribution in [2.24, 2.45) is 5.92 Å². The average molecular weight is 442 g/mol. The minimum Gasteiger partial charge on any atom is -0.324 e. The van der Waals surface area contributed by atoms with Crippen molar-refractivity contribution in [3.05, 3.63) is 75.8 Å². The molecule has 1 unspecified atom stereocenters. The van der Waals surface area contributed by atoms with Crippen LogP contribution in [0.1, 0.15) is 37.4 Å². The minimum atomic E-state index is -0.288. The molecule has 30 heavy (non-hydrogen) atoms. The number of benzene rings is 2. The first-order valence-electron chi connectivity index (χ1n) is 9.66. The summed E-state index contributed by atoms with van der Waals surface area (Å²) in [4.78, 5) is 16.7. The van der Waals surface area contributed by atoms with Gasteiger partial charge >= 0.3 is 0 Å². The van der Waals surface area contributed by atoms with Gasteiger partial charge in [-0.2, -0.15) is 4.98 Å². The van der Waals surface area contributed by atoms with Crippen LogP contribution in [0.3, 0.4) is 0 Å². The number of aromatic nitrogens is 3. The Morgan fingerprint density at radius 3 is 2.60 bits per heavy atom. The maximum Gasteiger partial charge on any atom is 0.250 e. The highest BCUT2D eigenvalue weighted by Gasteiger charge is 2.27. The summed E-state index contributed by atoms with van der Waals surface area (Å²) in [6.45, 7) is 3.98. The number of carbonyl (C=O) groups is 1. The van der Waals surface area contributed by atoms with Gasteiger partial charge in [0.2, 0.25) is 11.9 Å². The van der Waals surface area contributed by atoms with Crippen LogP contribution in [-0.4, -0.2) is 20.7 Å². The lowest BCUT2D eigenvalue weighted by atomic mass is 10.0. The van der Waals surface area contributed by atoms with Gasteiger partial charge in [-0.1, -0.05) is 67.4 Å². The Balaban J connectivity index is 1.73. The predicted molar refractivity (Wildman–Crippen MR) is 121 cm³/mol. The lowest BCUT2D eigenvalue weighted by molar-refractivity contribution is -0.116. The smallest absolute Gasteiger partial charge is 0.250 e. The lowest BCUT2D eigenvalue weighted by Gasteiger charge is -2.24. The Hall–Kier alpha value is -2.83. The molecule has 0 saturated heterocycles. The molecular weight excluding hydrogens is 421 g/mol. The van der Waals surface area contributed by atoms with Crippen molar-refractivity contribution >= 4 is 46.7 Å². The van der Waals surface area contributed by atoms with Crippen LogP contribution in [0.2, 0.25) is 10.0 Å². The Morgan fingerprint density at radius 2 is 1.90 bits per heavy atom. The van der Waals surface area contributed by atoms with Crippen LogP contribution in [0.4, 0.5) is 11.9 Å². The number of rotatable bonds is 5. The second-order valence-corrected chi connectivity index (χ2v) is 8.37. The number of hydrogen-bond acceptors (Lipinski definition) is 4. The van der Waals surface area contributed by atoms with Crippen molar-refractivity contribution in [1.82, 2.24) is 14.8 Å². The van der Waals surface area contributed by atoms with E-state index in [4.69, 9.17) is 23.2 Å². The monoisotopic (exact) mass is 441 g/mol. The molecule has 2 heterocycles. The van der Waals surface area contributed by atoms with E-state index in [2.05, 4.69) is 20.7 Å². The van der Waals surface area contributed by atoms with Crippen LogP contribution >= 0.6 is 23.2 Å². The Kier molecular flexibility index (Phi) is 5.79. The van der Waals surface area contributed by atoms with Crippen LogP contribution in [-0.2, 0) is 4.79 Å². The molecule has 6 nitrogen and oxygen atoms in total. The normalized spacial score (nSPS) is 15.4. The van der Waals surface area contributed by atoms with E-state index in [1.54, 1.807) is 4.68 Å². The van der Waals surface area contributed by atoms with Gasteiger partial charge < -0.3 is 5.32 Å². The van der Waals surface area contributed by atoms with Crippen LogP contribution in [0.5, 0.6) is 0 Å². The van der Waals surface area contributed by atoms with E-state index in [9.17, 15) is 4.79 Å². The average Bonchev–Trinajstić information content (AvgIpc) is 3.09. The van der Waals surface area contributed by atoms with Gasteiger partial charge in [0.05, 0.1) is 0 Å². The molecule has 1 aliphatic heterocycles. The Morgan fingerprint density at radius 1 is 1.17 bits per heavy atom. The number of carbonyl (C=O) groups excluding carboxylic acids is 1. The van der Waals surface area contributed by atoms with E-state index < -0.39 is 0 Å². The van der Waals surface area contributed by atoms with Gasteiger partial charge in [-0.3, -0.25) is 10.1 Å². The molecule has 1 amide bonds. The number of halogens is 2. The fourth-order valence-electron chi connectivity index (χ4n) is 3.33. The fourth-order valence-corrected chi connectivity index (χ4v) is 3.70. The van der Waals surface area contributed by atoms with Crippen molar-refractivity contribution in [3.63, 3.8) is 0 Å². The number of nitrogens with zero attached hydrogens (tertiary/aromatic N) is 3. The Labute approximate surface area is 184 Å². The summed E-state index contributed by atoms with van der Waals surface area (Å²) in [6.07, 6.45) is 2.44. The Bertz CT molecular complexity index is 1100. The third-order valence-corrected chi connectivity index (χ3v) is 5.29. The second kappa shape index (κ2) is 8.50. The molecule has 1 atom stereocenters. The number of amides is 1. The summed E-state index contributed by atoms with van der Waals surface area (Å²) in [5, 5.41) is 11.9. The molecule has 2 aromatic carbocycles. The molecule has 1 aromatic heterocycles. The van der Waals surface area contributed by atoms with Gasteiger partial charge in [0.1, 0.15) is 6.04 Å². The van der Waals surface area contributed by atoms with E-state index >= 15 is 0 Å². The summed E-state index contributed by atoms with van der Waals surface area (Å²) < 4.78 is 1.73. The van der Waals surface area contributed by atoms with Gasteiger partial charge in [0.25, 0.3) is 5.95 Å². The van der Waals surface area contributed by atoms with Crippen molar-refractivity contribution in [3.8, 4) is 0 Å². The molecule has 8 heteroatoms. The number of nitrogens with one attached hydrogen (secondary N) is 2. The fraction of sp³-hybridized carbons (Fsp3) is 0.227.